The van der Waals surface area contributed by atoms with Gasteiger partial charge in [0.1, 0.15) is 18.2 Å². The molecule has 2 N–H and O–H groups in total. The first kappa shape index (κ1) is 15.9. The van der Waals surface area contributed by atoms with E-state index in [1.807, 2.05) is 0 Å². The molecule has 0 fully saturated rings. The van der Waals surface area contributed by atoms with Crippen LogP contribution in [0.3, 0.4) is 0 Å². The first-order chi connectivity index (χ1) is 12.6. The SMILES string of the molecule is CC1=C(C(=O)Nc2cccnc2)[C@@H](c2ccccc2F)n2ncnc2N1. The van der Waals surface area contributed by atoms with E-state index >= 15 is 0 Å². The number of nitrogens with one attached hydrogen (secondary N) is 2. The Morgan fingerprint density at radius 1 is 1.27 bits per heavy atom. The van der Waals surface area contributed by atoms with Gasteiger partial charge in [-0.15, -0.1) is 0 Å². The highest BCUT2D eigenvalue weighted by molar-refractivity contribution is 6.05. The molecule has 0 unspecified atom stereocenters. The molecule has 2 aromatic heterocycles. The van der Waals surface area contributed by atoms with Crippen molar-refractivity contribution in [3.8, 4) is 0 Å². The highest BCUT2D eigenvalue weighted by Gasteiger charge is 2.34. The van der Waals surface area contributed by atoms with Crippen molar-refractivity contribution in [1.82, 2.24) is 19.7 Å². The molecule has 26 heavy (non-hydrogen) atoms. The molecule has 0 aliphatic carbocycles. The fourth-order valence-corrected chi connectivity index (χ4v) is 3.00. The Hall–Kier alpha value is -3.55. The Morgan fingerprint density at radius 3 is 2.88 bits per heavy atom. The number of carbonyl (C=O) groups is 1. The number of aromatic nitrogens is 4. The second-order valence-electron chi connectivity index (χ2n) is 5.81. The predicted octanol–water partition coefficient (Wildman–Crippen LogP) is 2.74. The number of fused-ring (bicyclic) bond motifs is 1. The monoisotopic (exact) mass is 350 g/mol. The molecule has 1 aliphatic rings. The van der Waals surface area contributed by atoms with E-state index in [0.29, 0.717) is 28.5 Å². The van der Waals surface area contributed by atoms with Crippen molar-refractivity contribution in [1.29, 1.82) is 0 Å². The predicted molar refractivity (Wildman–Crippen MR) is 93.8 cm³/mol. The average molecular weight is 350 g/mol. The Morgan fingerprint density at radius 2 is 2.12 bits per heavy atom. The molecule has 1 aromatic carbocycles. The molecule has 130 valence electrons. The van der Waals surface area contributed by atoms with Gasteiger partial charge >= 0.3 is 0 Å². The second kappa shape index (κ2) is 6.40. The van der Waals surface area contributed by atoms with Gasteiger partial charge in [0.15, 0.2) is 0 Å². The molecule has 3 aromatic rings. The summed E-state index contributed by atoms with van der Waals surface area (Å²) in [6.45, 7) is 1.75. The summed E-state index contributed by atoms with van der Waals surface area (Å²) in [5, 5.41) is 10.0. The highest BCUT2D eigenvalue weighted by atomic mass is 19.1. The van der Waals surface area contributed by atoms with Crippen LogP contribution in [0.5, 0.6) is 0 Å². The minimum atomic E-state index is -0.730. The first-order valence-electron chi connectivity index (χ1n) is 7.98. The van der Waals surface area contributed by atoms with Crippen molar-refractivity contribution in [3.63, 3.8) is 0 Å². The first-order valence-corrected chi connectivity index (χ1v) is 7.98. The van der Waals surface area contributed by atoms with E-state index in [4.69, 9.17) is 0 Å². The van der Waals surface area contributed by atoms with Gasteiger partial charge in [0.05, 0.1) is 17.5 Å². The number of nitrogens with zero attached hydrogens (tertiary/aromatic N) is 4. The minimum absolute atomic E-state index is 0.344. The number of halogens is 1. The summed E-state index contributed by atoms with van der Waals surface area (Å²) < 4.78 is 16.0. The highest BCUT2D eigenvalue weighted by Crippen LogP contribution is 2.36. The van der Waals surface area contributed by atoms with Gasteiger partial charge in [0.25, 0.3) is 5.91 Å². The molecule has 0 saturated heterocycles. The van der Waals surface area contributed by atoms with Crippen LogP contribution >= 0.6 is 0 Å². The lowest BCUT2D eigenvalue weighted by Gasteiger charge is -2.28. The van der Waals surface area contributed by atoms with Crippen LogP contribution in [0.1, 0.15) is 18.5 Å². The number of hydrogen-bond acceptors (Lipinski definition) is 5. The fourth-order valence-electron chi connectivity index (χ4n) is 3.00. The summed E-state index contributed by atoms with van der Waals surface area (Å²) in [5.41, 5.74) is 1.84. The summed E-state index contributed by atoms with van der Waals surface area (Å²) in [6.07, 6.45) is 4.53. The van der Waals surface area contributed by atoms with Crippen molar-refractivity contribution in [2.75, 3.05) is 10.6 Å². The van der Waals surface area contributed by atoms with Gasteiger partial charge in [-0.05, 0) is 25.1 Å². The van der Waals surface area contributed by atoms with Crippen molar-refractivity contribution < 1.29 is 9.18 Å². The Balaban J connectivity index is 1.80. The standard InChI is InChI=1S/C18H15FN6O/c1-11-15(17(26)24-12-5-4-8-20-9-12)16(13-6-2-3-7-14(13)19)25-18(23-11)21-10-22-25/h2-10,16H,1H3,(H,24,26)(H,21,22,23)/t16-/m1/s1. The second-order valence-corrected chi connectivity index (χ2v) is 5.81. The van der Waals surface area contributed by atoms with Crippen LogP contribution in [-0.2, 0) is 4.79 Å². The van der Waals surface area contributed by atoms with Crippen molar-refractivity contribution in [2.24, 2.45) is 0 Å². The summed E-state index contributed by atoms with van der Waals surface area (Å²) in [5.74, 6) is -0.327. The maximum atomic E-state index is 14.5. The van der Waals surface area contributed by atoms with Crippen molar-refractivity contribution in [3.05, 3.63) is 77.8 Å². The minimum Gasteiger partial charge on any atom is -0.328 e. The zero-order chi connectivity index (χ0) is 18.1. The van der Waals surface area contributed by atoms with E-state index in [9.17, 15) is 9.18 Å². The molecule has 8 heteroatoms. The summed E-state index contributed by atoms with van der Waals surface area (Å²) in [7, 11) is 0. The molecule has 1 amide bonds. The number of hydrogen-bond donors (Lipinski definition) is 2. The summed E-state index contributed by atoms with van der Waals surface area (Å²) in [4.78, 5) is 21.1. The topological polar surface area (TPSA) is 84.7 Å². The van der Waals surface area contributed by atoms with Gasteiger partial charge in [-0.2, -0.15) is 10.1 Å². The van der Waals surface area contributed by atoms with Gasteiger partial charge in [-0.3, -0.25) is 9.78 Å². The molecule has 1 atom stereocenters. The molecular formula is C18H15FN6O. The maximum absolute atomic E-state index is 14.5. The lowest BCUT2D eigenvalue weighted by Crippen LogP contribution is -2.32. The summed E-state index contributed by atoms with van der Waals surface area (Å²) >= 11 is 0. The molecule has 4 rings (SSSR count). The lowest BCUT2D eigenvalue weighted by atomic mass is 9.94. The molecule has 0 spiro atoms. The van der Waals surface area contributed by atoms with Crippen LogP contribution in [-0.4, -0.2) is 25.7 Å². The van der Waals surface area contributed by atoms with Gasteiger partial charge in [-0.1, -0.05) is 18.2 Å². The number of benzene rings is 1. The fraction of sp³-hybridized carbons (Fsp3) is 0.111. The van der Waals surface area contributed by atoms with Crippen molar-refractivity contribution >= 4 is 17.5 Å². The van der Waals surface area contributed by atoms with Crippen molar-refractivity contribution in [2.45, 2.75) is 13.0 Å². The Kier molecular flexibility index (Phi) is 3.92. The summed E-state index contributed by atoms with van der Waals surface area (Å²) in [6, 6.07) is 9.06. The molecule has 1 aliphatic heterocycles. The molecule has 7 nitrogen and oxygen atoms in total. The van der Waals surface area contributed by atoms with Crippen LogP contribution < -0.4 is 10.6 Å². The van der Waals surface area contributed by atoms with E-state index in [-0.39, 0.29) is 5.91 Å². The van der Waals surface area contributed by atoms with E-state index in [1.165, 1.54) is 17.1 Å². The van der Waals surface area contributed by atoms with Crippen LogP contribution in [0.15, 0.2) is 66.4 Å². The van der Waals surface area contributed by atoms with E-state index in [2.05, 4.69) is 25.7 Å². The van der Waals surface area contributed by atoms with E-state index in [0.717, 1.165) is 0 Å². The van der Waals surface area contributed by atoms with E-state index in [1.54, 1.807) is 49.6 Å². The van der Waals surface area contributed by atoms with Crippen LogP contribution in [0, 0.1) is 5.82 Å². The third kappa shape index (κ3) is 2.71. The normalized spacial score (nSPS) is 16.0. The third-order valence-electron chi connectivity index (χ3n) is 4.16. The lowest BCUT2D eigenvalue weighted by molar-refractivity contribution is -0.113. The zero-order valence-corrected chi connectivity index (χ0v) is 13.8. The third-order valence-corrected chi connectivity index (χ3v) is 4.16. The average Bonchev–Trinajstić information content (AvgIpc) is 3.10. The quantitative estimate of drug-likeness (QED) is 0.759. The molecular weight excluding hydrogens is 335 g/mol. The van der Waals surface area contributed by atoms with Gasteiger partial charge in [0, 0.05) is 17.5 Å². The molecule has 0 radical (unpaired) electrons. The smallest absolute Gasteiger partial charge is 0.255 e. The van der Waals surface area contributed by atoms with Crippen LogP contribution in [0.25, 0.3) is 0 Å². The Bertz CT molecular complexity index is 998. The number of amides is 1. The molecule has 3 heterocycles. The molecule has 0 saturated carbocycles. The number of allylic oxidation sites excluding steroid dienone is 1. The van der Waals surface area contributed by atoms with Gasteiger partial charge < -0.3 is 10.6 Å². The van der Waals surface area contributed by atoms with Crippen LogP contribution in [0.2, 0.25) is 0 Å². The number of carbonyl (C=O) groups excluding carboxylic acids is 1. The number of pyridine rings is 1. The molecule has 0 bridgehead atoms. The number of rotatable bonds is 3. The van der Waals surface area contributed by atoms with Gasteiger partial charge in [-0.25, -0.2) is 9.07 Å². The number of anilines is 2. The Labute approximate surface area is 148 Å². The largest absolute Gasteiger partial charge is 0.328 e. The van der Waals surface area contributed by atoms with Crippen LogP contribution in [0.4, 0.5) is 16.0 Å². The van der Waals surface area contributed by atoms with Gasteiger partial charge in [0.2, 0.25) is 5.95 Å². The maximum Gasteiger partial charge on any atom is 0.255 e. The zero-order valence-electron chi connectivity index (χ0n) is 13.8. The van der Waals surface area contributed by atoms with E-state index < -0.39 is 11.9 Å².